The average Bonchev–Trinajstić information content (AvgIpc) is 2.81. The Morgan fingerprint density at radius 1 is 1.38 bits per heavy atom. The molecule has 0 fully saturated rings. The Morgan fingerprint density at radius 3 is 2.86 bits per heavy atom. The number of rotatable bonds is 6. The number of esters is 1. The zero-order valence-electron chi connectivity index (χ0n) is 12.6. The highest BCUT2D eigenvalue weighted by molar-refractivity contribution is 5.90. The minimum Gasteiger partial charge on any atom is -0.462 e. The zero-order chi connectivity index (χ0) is 15.2. The molecule has 0 saturated heterocycles. The maximum Gasteiger partial charge on any atom is 0.341 e. The number of carbonyl (C=O) groups is 1. The molecule has 2 aromatic rings. The summed E-state index contributed by atoms with van der Waals surface area (Å²) in [7, 11) is 3.81. The molecule has 0 unspecified atom stereocenters. The largest absolute Gasteiger partial charge is 0.462 e. The number of nitrogens with zero attached hydrogens (tertiary/aromatic N) is 4. The van der Waals surface area contributed by atoms with Crippen LogP contribution in [0.4, 0.5) is 0 Å². The van der Waals surface area contributed by atoms with Crippen molar-refractivity contribution < 1.29 is 9.53 Å². The third kappa shape index (κ3) is 3.88. The number of aryl methyl sites for hydroxylation is 1. The Morgan fingerprint density at radius 2 is 2.19 bits per heavy atom. The fourth-order valence-corrected chi connectivity index (χ4v) is 2.11. The molecule has 0 aliphatic carbocycles. The molecule has 0 aromatic carbocycles. The van der Waals surface area contributed by atoms with Crippen molar-refractivity contribution in [3.63, 3.8) is 0 Å². The molecule has 0 aliphatic heterocycles. The fourth-order valence-electron chi connectivity index (χ4n) is 2.11. The smallest absolute Gasteiger partial charge is 0.341 e. The predicted molar refractivity (Wildman–Crippen MR) is 78.6 cm³/mol. The van der Waals surface area contributed by atoms with E-state index in [2.05, 4.69) is 15.0 Å². The number of pyridine rings is 1. The first kappa shape index (κ1) is 15.2. The maximum absolute atomic E-state index is 11.9. The second kappa shape index (κ2) is 6.99. The second-order valence-corrected chi connectivity index (χ2v) is 4.84. The van der Waals surface area contributed by atoms with Crippen molar-refractivity contribution in [1.29, 1.82) is 0 Å². The van der Waals surface area contributed by atoms with E-state index in [-0.39, 0.29) is 5.97 Å². The molecule has 2 heterocycles. The third-order valence-corrected chi connectivity index (χ3v) is 3.13. The van der Waals surface area contributed by atoms with Crippen molar-refractivity contribution in [3.05, 3.63) is 47.5 Å². The van der Waals surface area contributed by atoms with Gasteiger partial charge in [0.15, 0.2) is 0 Å². The van der Waals surface area contributed by atoms with E-state index in [1.807, 2.05) is 32.3 Å². The van der Waals surface area contributed by atoms with Gasteiger partial charge in [-0.25, -0.2) is 4.79 Å². The molecule has 0 saturated carbocycles. The highest BCUT2D eigenvalue weighted by Crippen LogP contribution is 2.13. The van der Waals surface area contributed by atoms with Crippen LogP contribution in [0.3, 0.4) is 0 Å². The molecule has 0 N–H and O–H groups in total. The molecule has 0 spiro atoms. The van der Waals surface area contributed by atoms with Gasteiger partial charge in [0.1, 0.15) is 5.56 Å². The van der Waals surface area contributed by atoms with Crippen LogP contribution < -0.4 is 0 Å². The minimum absolute atomic E-state index is 0.327. The zero-order valence-corrected chi connectivity index (χ0v) is 12.6. The fraction of sp³-hybridized carbons (Fsp3) is 0.400. The summed E-state index contributed by atoms with van der Waals surface area (Å²) in [6, 6.07) is 5.83. The van der Waals surface area contributed by atoms with Gasteiger partial charge in [-0.1, -0.05) is 6.07 Å². The van der Waals surface area contributed by atoms with Gasteiger partial charge in [0.05, 0.1) is 24.2 Å². The van der Waals surface area contributed by atoms with E-state index in [0.717, 1.165) is 11.4 Å². The van der Waals surface area contributed by atoms with Crippen LogP contribution in [0, 0.1) is 0 Å². The van der Waals surface area contributed by atoms with Crippen molar-refractivity contribution in [3.8, 4) is 0 Å². The van der Waals surface area contributed by atoms with Gasteiger partial charge in [-0.3, -0.25) is 14.6 Å². The van der Waals surface area contributed by atoms with Crippen molar-refractivity contribution in [2.24, 2.45) is 7.05 Å². The Bertz CT molecular complexity index is 595. The first-order valence-electron chi connectivity index (χ1n) is 6.88. The molecular formula is C15H20N4O2. The van der Waals surface area contributed by atoms with Gasteiger partial charge in [0.25, 0.3) is 0 Å². The summed E-state index contributed by atoms with van der Waals surface area (Å²) in [6.45, 7) is 3.45. The molecule has 0 radical (unpaired) electrons. The summed E-state index contributed by atoms with van der Waals surface area (Å²) in [5.41, 5.74) is 2.35. The van der Waals surface area contributed by atoms with E-state index in [0.29, 0.717) is 25.3 Å². The third-order valence-electron chi connectivity index (χ3n) is 3.13. The number of carbonyl (C=O) groups excluding carboxylic acids is 1. The van der Waals surface area contributed by atoms with Crippen LogP contribution in [-0.2, 0) is 24.9 Å². The summed E-state index contributed by atoms with van der Waals surface area (Å²) in [5, 5.41) is 4.15. The number of aromatic nitrogens is 3. The lowest BCUT2D eigenvalue weighted by atomic mass is 10.2. The van der Waals surface area contributed by atoms with Gasteiger partial charge in [0.2, 0.25) is 0 Å². The Labute approximate surface area is 124 Å². The lowest BCUT2D eigenvalue weighted by molar-refractivity contribution is 0.0524. The minimum atomic E-state index is -0.327. The van der Waals surface area contributed by atoms with Crippen LogP contribution in [0.25, 0.3) is 0 Å². The summed E-state index contributed by atoms with van der Waals surface area (Å²) in [6.07, 6.45) is 3.33. The van der Waals surface area contributed by atoms with Crippen molar-refractivity contribution in [2.75, 3.05) is 13.7 Å². The molecule has 0 amide bonds. The van der Waals surface area contributed by atoms with Crippen LogP contribution in [0.2, 0.25) is 0 Å². The highest BCUT2D eigenvalue weighted by Gasteiger charge is 2.18. The molecule has 21 heavy (non-hydrogen) atoms. The van der Waals surface area contributed by atoms with E-state index in [1.165, 1.54) is 0 Å². The van der Waals surface area contributed by atoms with E-state index in [4.69, 9.17) is 4.74 Å². The lowest BCUT2D eigenvalue weighted by Crippen LogP contribution is -2.21. The van der Waals surface area contributed by atoms with Crippen molar-refractivity contribution in [1.82, 2.24) is 19.7 Å². The molecule has 0 aliphatic rings. The SMILES string of the molecule is CCOC(=O)c1cnn(C)c1CN(C)Cc1ccccn1. The van der Waals surface area contributed by atoms with Gasteiger partial charge in [-0.15, -0.1) is 0 Å². The average molecular weight is 288 g/mol. The normalized spacial score (nSPS) is 10.9. The van der Waals surface area contributed by atoms with Crippen LogP contribution in [0.1, 0.15) is 28.7 Å². The molecule has 2 aromatic heterocycles. The molecule has 6 nitrogen and oxygen atoms in total. The molecule has 112 valence electrons. The van der Waals surface area contributed by atoms with Crippen LogP contribution >= 0.6 is 0 Å². The monoisotopic (exact) mass is 288 g/mol. The summed E-state index contributed by atoms with van der Waals surface area (Å²) in [4.78, 5) is 18.3. The molecular weight excluding hydrogens is 268 g/mol. The Hall–Kier alpha value is -2.21. The molecule has 0 bridgehead atoms. The Kier molecular flexibility index (Phi) is 5.05. The quantitative estimate of drug-likeness (QED) is 0.756. The summed E-state index contributed by atoms with van der Waals surface area (Å²) in [5.74, 6) is -0.327. The standard InChI is InChI=1S/C15H20N4O2/c1-4-21-15(20)13-9-17-19(3)14(13)11-18(2)10-12-7-5-6-8-16-12/h5-9H,4,10-11H2,1-3H3. The van der Waals surface area contributed by atoms with E-state index >= 15 is 0 Å². The maximum atomic E-state index is 11.9. The topological polar surface area (TPSA) is 60.2 Å². The molecule has 2 rings (SSSR count). The van der Waals surface area contributed by atoms with Crippen molar-refractivity contribution >= 4 is 5.97 Å². The van der Waals surface area contributed by atoms with E-state index < -0.39 is 0 Å². The van der Waals surface area contributed by atoms with Crippen LogP contribution in [0.5, 0.6) is 0 Å². The van der Waals surface area contributed by atoms with Gasteiger partial charge < -0.3 is 4.74 Å². The van der Waals surface area contributed by atoms with Crippen molar-refractivity contribution in [2.45, 2.75) is 20.0 Å². The van der Waals surface area contributed by atoms with E-state index in [9.17, 15) is 4.79 Å². The van der Waals surface area contributed by atoms with Crippen LogP contribution in [0.15, 0.2) is 30.6 Å². The van der Waals surface area contributed by atoms with E-state index in [1.54, 1.807) is 24.0 Å². The van der Waals surface area contributed by atoms with Crippen LogP contribution in [-0.4, -0.2) is 39.3 Å². The summed E-state index contributed by atoms with van der Waals surface area (Å²) >= 11 is 0. The summed E-state index contributed by atoms with van der Waals surface area (Å²) < 4.78 is 6.77. The molecule has 0 atom stereocenters. The Balaban J connectivity index is 2.08. The predicted octanol–water partition coefficient (Wildman–Crippen LogP) is 1.62. The molecule has 6 heteroatoms. The van der Waals surface area contributed by atoms with Gasteiger partial charge in [-0.2, -0.15) is 5.10 Å². The number of ether oxygens (including phenoxy) is 1. The lowest BCUT2D eigenvalue weighted by Gasteiger charge is -2.17. The highest BCUT2D eigenvalue weighted by atomic mass is 16.5. The number of hydrogen-bond acceptors (Lipinski definition) is 5. The first-order valence-corrected chi connectivity index (χ1v) is 6.88. The van der Waals surface area contributed by atoms with Gasteiger partial charge in [0, 0.05) is 26.3 Å². The number of hydrogen-bond donors (Lipinski definition) is 0. The van der Waals surface area contributed by atoms with Gasteiger partial charge in [-0.05, 0) is 26.1 Å². The second-order valence-electron chi connectivity index (χ2n) is 4.84. The first-order chi connectivity index (χ1) is 10.1. The van der Waals surface area contributed by atoms with Gasteiger partial charge >= 0.3 is 5.97 Å².